The fourth-order valence-corrected chi connectivity index (χ4v) is 1.78. The Kier molecular flexibility index (Phi) is 2.40. The molecule has 0 spiro atoms. The van der Waals surface area contributed by atoms with Gasteiger partial charge in [0.1, 0.15) is 11.2 Å². The predicted octanol–water partition coefficient (Wildman–Crippen LogP) is 2.31. The van der Waals surface area contributed by atoms with Crippen LogP contribution in [0.15, 0.2) is 17.1 Å². The van der Waals surface area contributed by atoms with E-state index in [4.69, 9.17) is 4.42 Å². The topological polar surface area (TPSA) is 13.1 Å². The molecule has 1 aliphatic carbocycles. The molecule has 0 aliphatic heterocycles. The van der Waals surface area contributed by atoms with Crippen molar-refractivity contribution in [3.8, 4) is 0 Å². The molecule has 0 unspecified atom stereocenters. The number of furan rings is 1. The van der Waals surface area contributed by atoms with Crippen molar-refractivity contribution in [3.63, 3.8) is 0 Å². The standard InChI is InChI=1S/C13H14O/c1-3-7-12-10(4-2)11-8-5-6-9-13(11)14-12/h3-4,7-9H,2,5-6H2,1H3/b7-3-. The third kappa shape index (κ3) is 1.35. The van der Waals surface area contributed by atoms with Gasteiger partial charge in [0.15, 0.2) is 0 Å². The lowest BCUT2D eigenvalue weighted by Gasteiger charge is -1.92. The molecule has 0 bridgehead atoms. The molecule has 1 aromatic heterocycles. The van der Waals surface area contributed by atoms with Gasteiger partial charge in [-0.2, -0.15) is 0 Å². The highest BCUT2D eigenvalue weighted by Gasteiger charge is 2.07. The molecule has 1 heterocycles. The van der Waals surface area contributed by atoms with Gasteiger partial charge in [0, 0.05) is 10.8 Å². The van der Waals surface area contributed by atoms with E-state index in [-0.39, 0.29) is 0 Å². The number of rotatable bonds is 2. The van der Waals surface area contributed by atoms with Gasteiger partial charge in [-0.1, -0.05) is 24.8 Å². The normalized spacial score (nSPS) is 14.6. The molecule has 1 aliphatic rings. The first-order valence-corrected chi connectivity index (χ1v) is 4.95. The molecule has 0 atom stereocenters. The monoisotopic (exact) mass is 186 g/mol. The van der Waals surface area contributed by atoms with Gasteiger partial charge in [-0.25, -0.2) is 0 Å². The summed E-state index contributed by atoms with van der Waals surface area (Å²) in [5, 5.41) is 1.21. The van der Waals surface area contributed by atoms with Gasteiger partial charge >= 0.3 is 0 Å². The van der Waals surface area contributed by atoms with E-state index < -0.39 is 0 Å². The van der Waals surface area contributed by atoms with Crippen LogP contribution in [0.3, 0.4) is 0 Å². The van der Waals surface area contributed by atoms with E-state index >= 15 is 0 Å². The zero-order valence-corrected chi connectivity index (χ0v) is 8.42. The maximum absolute atomic E-state index is 5.72. The van der Waals surface area contributed by atoms with Crippen LogP contribution in [-0.2, 0) is 0 Å². The van der Waals surface area contributed by atoms with Crippen molar-refractivity contribution in [2.75, 3.05) is 0 Å². The van der Waals surface area contributed by atoms with Crippen molar-refractivity contribution < 1.29 is 4.42 Å². The fourth-order valence-electron chi connectivity index (χ4n) is 1.78. The molecule has 1 aromatic rings. The van der Waals surface area contributed by atoms with Crippen LogP contribution >= 0.6 is 0 Å². The SMILES string of the molecule is C=Cc1c(/C=C\C)oc2c1=CCCC=2. The van der Waals surface area contributed by atoms with Crippen molar-refractivity contribution in [3.05, 3.63) is 34.6 Å². The summed E-state index contributed by atoms with van der Waals surface area (Å²) < 4.78 is 5.72. The Balaban J connectivity index is 2.77. The summed E-state index contributed by atoms with van der Waals surface area (Å²) in [6.45, 7) is 5.81. The third-order valence-corrected chi connectivity index (χ3v) is 2.41. The lowest BCUT2D eigenvalue weighted by atomic mass is 10.1. The minimum atomic E-state index is 0.918. The molecular weight excluding hydrogens is 172 g/mol. The molecule has 0 N–H and O–H groups in total. The molecule has 0 aromatic carbocycles. The van der Waals surface area contributed by atoms with Crippen LogP contribution in [0.25, 0.3) is 24.3 Å². The Morgan fingerprint density at radius 3 is 2.86 bits per heavy atom. The summed E-state index contributed by atoms with van der Waals surface area (Å²) in [6, 6.07) is 0. The second-order valence-electron chi connectivity index (χ2n) is 3.35. The van der Waals surface area contributed by atoms with Crippen molar-refractivity contribution in [1.82, 2.24) is 0 Å². The van der Waals surface area contributed by atoms with Crippen LogP contribution in [0.2, 0.25) is 0 Å². The molecule has 72 valence electrons. The van der Waals surface area contributed by atoms with Crippen molar-refractivity contribution in [2.45, 2.75) is 19.8 Å². The van der Waals surface area contributed by atoms with Gasteiger partial charge in [-0.15, -0.1) is 0 Å². The molecule has 0 saturated heterocycles. The van der Waals surface area contributed by atoms with Crippen molar-refractivity contribution in [1.29, 1.82) is 0 Å². The first kappa shape index (κ1) is 9.07. The summed E-state index contributed by atoms with van der Waals surface area (Å²) in [5.74, 6) is 0.918. The highest BCUT2D eigenvalue weighted by molar-refractivity contribution is 5.63. The van der Waals surface area contributed by atoms with Crippen molar-refractivity contribution in [2.24, 2.45) is 0 Å². The summed E-state index contributed by atoms with van der Waals surface area (Å²) in [7, 11) is 0. The number of fused-ring (bicyclic) bond motifs is 1. The molecule has 1 heteroatoms. The van der Waals surface area contributed by atoms with Gasteiger partial charge in [0.25, 0.3) is 0 Å². The van der Waals surface area contributed by atoms with Crippen LogP contribution in [0.1, 0.15) is 31.1 Å². The van der Waals surface area contributed by atoms with E-state index in [1.807, 2.05) is 25.2 Å². The molecule has 14 heavy (non-hydrogen) atoms. The zero-order chi connectivity index (χ0) is 9.97. The second-order valence-corrected chi connectivity index (χ2v) is 3.35. The molecule has 0 radical (unpaired) electrons. The summed E-state index contributed by atoms with van der Waals surface area (Å²) in [5.41, 5.74) is 2.12. The van der Waals surface area contributed by atoms with E-state index in [9.17, 15) is 0 Å². The van der Waals surface area contributed by atoms with Crippen molar-refractivity contribution >= 4 is 24.3 Å². The Morgan fingerprint density at radius 1 is 1.36 bits per heavy atom. The predicted molar refractivity (Wildman–Crippen MR) is 60.9 cm³/mol. The van der Waals surface area contributed by atoms with Crippen LogP contribution in [0.5, 0.6) is 0 Å². The summed E-state index contributed by atoms with van der Waals surface area (Å²) >= 11 is 0. The van der Waals surface area contributed by atoms with Gasteiger partial charge in [0.05, 0.1) is 0 Å². The van der Waals surface area contributed by atoms with Crippen LogP contribution < -0.4 is 10.6 Å². The highest BCUT2D eigenvalue weighted by atomic mass is 16.3. The number of hydrogen-bond donors (Lipinski definition) is 0. The lowest BCUT2D eigenvalue weighted by Crippen LogP contribution is -2.23. The van der Waals surface area contributed by atoms with Crippen LogP contribution in [-0.4, -0.2) is 0 Å². The Labute approximate surface area is 83.7 Å². The second kappa shape index (κ2) is 3.70. The van der Waals surface area contributed by atoms with E-state index in [0.717, 1.165) is 29.6 Å². The lowest BCUT2D eigenvalue weighted by molar-refractivity contribution is 0.518. The first-order chi connectivity index (χ1) is 6.86. The van der Waals surface area contributed by atoms with Crippen LogP contribution in [0, 0.1) is 0 Å². The van der Waals surface area contributed by atoms with Crippen LogP contribution in [0.4, 0.5) is 0 Å². The highest BCUT2D eigenvalue weighted by Crippen LogP contribution is 2.08. The molecule has 1 nitrogen and oxygen atoms in total. The minimum absolute atomic E-state index is 0.918. The fraction of sp³-hybridized carbons (Fsp3) is 0.231. The summed E-state index contributed by atoms with van der Waals surface area (Å²) in [6.07, 6.45) is 12.4. The quantitative estimate of drug-likeness (QED) is 0.690. The Hall–Kier alpha value is -1.50. The molecule has 2 rings (SSSR count). The van der Waals surface area contributed by atoms with E-state index in [0.29, 0.717) is 0 Å². The molecule has 0 fully saturated rings. The first-order valence-electron chi connectivity index (χ1n) is 4.95. The zero-order valence-electron chi connectivity index (χ0n) is 8.42. The van der Waals surface area contributed by atoms with Gasteiger partial charge in [0.2, 0.25) is 0 Å². The molecule has 0 amide bonds. The maximum Gasteiger partial charge on any atom is 0.135 e. The molecule has 0 saturated carbocycles. The largest absolute Gasteiger partial charge is 0.456 e. The maximum atomic E-state index is 5.72. The van der Waals surface area contributed by atoms with Gasteiger partial charge in [-0.3, -0.25) is 0 Å². The number of hydrogen-bond acceptors (Lipinski definition) is 1. The molecular formula is C13H14O. The van der Waals surface area contributed by atoms with Gasteiger partial charge < -0.3 is 4.42 Å². The third-order valence-electron chi connectivity index (χ3n) is 2.41. The Bertz CT molecular complexity index is 486. The van der Waals surface area contributed by atoms with Gasteiger partial charge in [-0.05, 0) is 31.9 Å². The average molecular weight is 186 g/mol. The summed E-state index contributed by atoms with van der Waals surface area (Å²) in [4.78, 5) is 0. The minimum Gasteiger partial charge on any atom is -0.456 e. The van der Waals surface area contributed by atoms with E-state index in [2.05, 4.69) is 18.7 Å². The Morgan fingerprint density at radius 2 is 2.14 bits per heavy atom. The number of allylic oxidation sites excluding steroid dienone is 1. The van der Waals surface area contributed by atoms with E-state index in [1.54, 1.807) is 0 Å². The smallest absolute Gasteiger partial charge is 0.135 e. The average Bonchev–Trinajstić information content (AvgIpc) is 2.55. The van der Waals surface area contributed by atoms with E-state index in [1.165, 1.54) is 5.22 Å².